The van der Waals surface area contributed by atoms with Crippen LogP contribution in [0.3, 0.4) is 0 Å². The van der Waals surface area contributed by atoms with Crippen molar-refractivity contribution in [2.24, 2.45) is 5.41 Å². The van der Waals surface area contributed by atoms with Gasteiger partial charge in [-0.2, -0.15) is 0 Å². The van der Waals surface area contributed by atoms with Crippen LogP contribution in [0.4, 0.5) is 0 Å². The minimum Gasteiger partial charge on any atom is -0.392 e. The van der Waals surface area contributed by atoms with E-state index in [1.165, 1.54) is 6.26 Å². The summed E-state index contributed by atoms with van der Waals surface area (Å²) >= 11 is 0. The summed E-state index contributed by atoms with van der Waals surface area (Å²) in [5.74, 6) is 0. The predicted octanol–water partition coefficient (Wildman–Crippen LogP) is 1.09. The Balaban J connectivity index is 1.91. The van der Waals surface area contributed by atoms with Gasteiger partial charge in [-0.25, -0.2) is 8.42 Å². The Morgan fingerprint density at radius 2 is 1.89 bits per heavy atom. The second kappa shape index (κ2) is 4.76. The van der Waals surface area contributed by atoms with Crippen molar-refractivity contribution in [1.29, 1.82) is 0 Å². The average Bonchev–Trinajstić information content (AvgIpc) is 2.28. The van der Waals surface area contributed by atoms with Crippen molar-refractivity contribution >= 4 is 9.84 Å². The van der Waals surface area contributed by atoms with Crippen molar-refractivity contribution in [3.63, 3.8) is 0 Å². The van der Waals surface area contributed by atoms with Gasteiger partial charge in [-0.3, -0.25) is 0 Å². The van der Waals surface area contributed by atoms with Gasteiger partial charge >= 0.3 is 0 Å². The number of nitrogens with one attached hydrogen (secondary N) is 1. The summed E-state index contributed by atoms with van der Waals surface area (Å²) in [4.78, 5) is 0. The third-order valence-electron chi connectivity index (χ3n) is 4.88. The monoisotopic (exact) mass is 275 g/mol. The van der Waals surface area contributed by atoms with Crippen LogP contribution in [-0.2, 0) is 9.84 Å². The summed E-state index contributed by atoms with van der Waals surface area (Å²) in [7, 11) is -2.91. The highest BCUT2D eigenvalue weighted by molar-refractivity contribution is 7.91. The Bertz CT molecular complexity index is 404. The molecule has 5 heteroatoms. The summed E-state index contributed by atoms with van der Waals surface area (Å²) in [6.07, 6.45) is 5.45. The van der Waals surface area contributed by atoms with Crippen LogP contribution in [0, 0.1) is 5.41 Å². The topological polar surface area (TPSA) is 66.4 Å². The first-order valence-corrected chi connectivity index (χ1v) is 8.79. The Hall–Kier alpha value is -0.130. The molecule has 2 aliphatic rings. The molecule has 0 aliphatic heterocycles. The van der Waals surface area contributed by atoms with Gasteiger partial charge in [0, 0.05) is 23.8 Å². The molecule has 0 aromatic rings. The third kappa shape index (κ3) is 2.73. The summed E-state index contributed by atoms with van der Waals surface area (Å²) in [6.45, 7) is 4.13. The molecule has 18 heavy (non-hydrogen) atoms. The normalized spacial score (nSPS) is 40.2. The van der Waals surface area contributed by atoms with E-state index in [1.807, 2.05) is 0 Å². The van der Waals surface area contributed by atoms with Gasteiger partial charge in [0.15, 0.2) is 0 Å². The zero-order valence-corrected chi connectivity index (χ0v) is 12.3. The fraction of sp³-hybridized carbons (Fsp3) is 1.00. The van der Waals surface area contributed by atoms with Gasteiger partial charge in [0.25, 0.3) is 0 Å². The molecule has 2 N–H and O–H groups in total. The molecule has 4 nitrogen and oxygen atoms in total. The number of hydrogen-bond acceptors (Lipinski definition) is 4. The van der Waals surface area contributed by atoms with E-state index in [4.69, 9.17) is 0 Å². The van der Waals surface area contributed by atoms with Gasteiger partial charge < -0.3 is 10.4 Å². The molecule has 2 aliphatic carbocycles. The van der Waals surface area contributed by atoms with Crippen LogP contribution in [-0.4, -0.2) is 43.2 Å². The van der Waals surface area contributed by atoms with Gasteiger partial charge in [-0.15, -0.1) is 0 Å². The van der Waals surface area contributed by atoms with Crippen molar-refractivity contribution in [3.05, 3.63) is 0 Å². The van der Waals surface area contributed by atoms with Crippen molar-refractivity contribution in [2.75, 3.05) is 6.26 Å². The fourth-order valence-electron chi connectivity index (χ4n) is 3.16. The van der Waals surface area contributed by atoms with E-state index in [1.54, 1.807) is 0 Å². The van der Waals surface area contributed by atoms with E-state index in [2.05, 4.69) is 19.2 Å². The molecule has 2 rings (SSSR count). The molecule has 4 atom stereocenters. The lowest BCUT2D eigenvalue weighted by Crippen LogP contribution is -2.62. The van der Waals surface area contributed by atoms with Crippen LogP contribution in [0.2, 0.25) is 0 Å². The first-order valence-electron chi connectivity index (χ1n) is 6.84. The Kier molecular flexibility index (Phi) is 3.78. The maximum Gasteiger partial charge on any atom is 0.150 e. The van der Waals surface area contributed by atoms with Gasteiger partial charge in [-0.1, -0.05) is 20.3 Å². The Labute approximate surface area is 110 Å². The highest BCUT2D eigenvalue weighted by Gasteiger charge is 2.48. The van der Waals surface area contributed by atoms with Crippen LogP contribution in [0.15, 0.2) is 0 Å². The van der Waals surface area contributed by atoms with Gasteiger partial charge in [0.2, 0.25) is 0 Å². The van der Waals surface area contributed by atoms with E-state index < -0.39 is 9.84 Å². The number of hydrogen-bond donors (Lipinski definition) is 2. The van der Waals surface area contributed by atoms with Gasteiger partial charge in [-0.05, 0) is 25.7 Å². The highest BCUT2D eigenvalue weighted by atomic mass is 32.2. The van der Waals surface area contributed by atoms with Crippen LogP contribution >= 0.6 is 0 Å². The molecule has 0 radical (unpaired) electrons. The van der Waals surface area contributed by atoms with Crippen LogP contribution in [0.25, 0.3) is 0 Å². The van der Waals surface area contributed by atoms with Crippen molar-refractivity contribution in [3.8, 4) is 0 Å². The van der Waals surface area contributed by atoms with Crippen molar-refractivity contribution in [2.45, 2.75) is 69.4 Å². The molecular formula is C13H25NO3S. The average molecular weight is 275 g/mol. The van der Waals surface area contributed by atoms with Crippen LogP contribution < -0.4 is 5.32 Å². The quantitative estimate of drug-likeness (QED) is 0.809. The van der Waals surface area contributed by atoms with E-state index >= 15 is 0 Å². The van der Waals surface area contributed by atoms with Crippen LogP contribution in [0.5, 0.6) is 0 Å². The first kappa shape index (κ1) is 14.3. The minimum atomic E-state index is -2.91. The number of rotatable bonds is 3. The highest BCUT2D eigenvalue weighted by Crippen LogP contribution is 2.41. The molecule has 2 fully saturated rings. The molecule has 0 spiro atoms. The Morgan fingerprint density at radius 3 is 2.39 bits per heavy atom. The lowest BCUT2D eigenvalue weighted by Gasteiger charge is -2.51. The van der Waals surface area contributed by atoms with Gasteiger partial charge in [0.05, 0.1) is 11.4 Å². The largest absolute Gasteiger partial charge is 0.392 e. The van der Waals surface area contributed by atoms with Gasteiger partial charge in [0.1, 0.15) is 9.84 Å². The molecule has 0 aromatic heterocycles. The summed E-state index contributed by atoms with van der Waals surface area (Å²) in [6, 6.07) is 0.603. The molecule has 106 valence electrons. The number of aliphatic hydroxyl groups is 1. The number of sulfone groups is 1. The summed E-state index contributed by atoms with van der Waals surface area (Å²) in [5, 5.41) is 13.1. The Morgan fingerprint density at radius 1 is 1.22 bits per heavy atom. The molecule has 0 heterocycles. The maximum atomic E-state index is 11.6. The predicted molar refractivity (Wildman–Crippen MR) is 72.2 cm³/mol. The zero-order chi connectivity index (χ0) is 13.6. The van der Waals surface area contributed by atoms with Crippen LogP contribution in [0.1, 0.15) is 46.0 Å². The SMILES string of the molecule is CC1(C)C(O)CC1NC1CCCC(S(C)(=O)=O)C1. The van der Waals surface area contributed by atoms with E-state index in [0.29, 0.717) is 6.04 Å². The van der Waals surface area contributed by atoms with E-state index in [0.717, 1.165) is 32.1 Å². The molecular weight excluding hydrogens is 250 g/mol. The molecule has 4 unspecified atom stereocenters. The fourth-order valence-corrected chi connectivity index (χ4v) is 4.33. The molecule has 0 saturated heterocycles. The molecule has 0 aromatic carbocycles. The summed E-state index contributed by atoms with van der Waals surface area (Å²) < 4.78 is 23.2. The molecule has 2 saturated carbocycles. The lowest BCUT2D eigenvalue weighted by molar-refractivity contribution is -0.0769. The molecule has 0 bridgehead atoms. The maximum absolute atomic E-state index is 11.6. The second-order valence-electron chi connectivity index (χ2n) is 6.61. The molecule has 0 amide bonds. The summed E-state index contributed by atoms with van der Waals surface area (Å²) in [5.41, 5.74) is -0.0853. The second-order valence-corrected chi connectivity index (χ2v) is 8.93. The third-order valence-corrected chi connectivity index (χ3v) is 6.52. The van der Waals surface area contributed by atoms with Crippen molar-refractivity contribution in [1.82, 2.24) is 5.32 Å². The standard InChI is InChI=1S/C13H25NO3S/c1-13(2)11(8-12(13)15)14-9-5-4-6-10(7-9)18(3,16)17/h9-12,14-15H,4-8H2,1-3H3. The first-order chi connectivity index (χ1) is 8.21. The number of aliphatic hydroxyl groups excluding tert-OH is 1. The minimum absolute atomic E-state index is 0.0853. The smallest absolute Gasteiger partial charge is 0.150 e. The zero-order valence-electron chi connectivity index (χ0n) is 11.5. The lowest BCUT2D eigenvalue weighted by atomic mass is 9.64. The van der Waals surface area contributed by atoms with E-state index in [9.17, 15) is 13.5 Å². The van der Waals surface area contributed by atoms with E-state index in [-0.39, 0.29) is 22.8 Å². The van der Waals surface area contributed by atoms with Crippen molar-refractivity contribution < 1.29 is 13.5 Å².